The van der Waals surface area contributed by atoms with Crippen molar-refractivity contribution < 1.29 is 14.6 Å². The first-order chi connectivity index (χ1) is 6.46. The monoisotopic (exact) mass is 198 g/mol. The zero-order valence-electron chi connectivity index (χ0n) is 9.04. The molecule has 1 heterocycles. The molecule has 0 aromatic rings. The standard InChI is InChI=1S/C11H18O3/c1-8(5-6-12)9(2)10-7-13-11(3,4)14-10/h5,10,12H,2,6-7H2,1,3-4H3/b8-5+/t10-/m0/s1. The molecule has 1 N–H and O–H groups in total. The largest absolute Gasteiger partial charge is 0.392 e. The lowest BCUT2D eigenvalue weighted by molar-refractivity contribution is -0.134. The van der Waals surface area contributed by atoms with Gasteiger partial charge in [-0.2, -0.15) is 0 Å². The topological polar surface area (TPSA) is 38.7 Å². The Morgan fingerprint density at radius 1 is 1.64 bits per heavy atom. The predicted molar refractivity (Wildman–Crippen MR) is 54.9 cm³/mol. The average molecular weight is 198 g/mol. The smallest absolute Gasteiger partial charge is 0.163 e. The molecule has 0 bridgehead atoms. The highest BCUT2D eigenvalue weighted by Gasteiger charge is 2.34. The first kappa shape index (κ1) is 11.4. The van der Waals surface area contributed by atoms with Crippen molar-refractivity contribution in [1.29, 1.82) is 0 Å². The van der Waals surface area contributed by atoms with E-state index in [1.165, 1.54) is 0 Å². The van der Waals surface area contributed by atoms with E-state index in [9.17, 15) is 0 Å². The summed E-state index contributed by atoms with van der Waals surface area (Å²) in [6.07, 6.45) is 1.63. The van der Waals surface area contributed by atoms with Gasteiger partial charge in [0.05, 0.1) is 13.2 Å². The quantitative estimate of drug-likeness (QED) is 0.700. The molecule has 1 saturated heterocycles. The molecule has 14 heavy (non-hydrogen) atoms. The molecule has 0 aromatic carbocycles. The van der Waals surface area contributed by atoms with Gasteiger partial charge in [-0.05, 0) is 31.9 Å². The summed E-state index contributed by atoms with van der Waals surface area (Å²) < 4.78 is 11.1. The lowest BCUT2D eigenvalue weighted by Gasteiger charge is -2.18. The minimum atomic E-state index is -0.521. The lowest BCUT2D eigenvalue weighted by Crippen LogP contribution is -2.22. The molecule has 0 spiro atoms. The highest BCUT2D eigenvalue weighted by Crippen LogP contribution is 2.28. The third-order valence-electron chi connectivity index (χ3n) is 2.30. The zero-order valence-corrected chi connectivity index (χ0v) is 9.04. The Labute approximate surface area is 85.0 Å². The zero-order chi connectivity index (χ0) is 10.8. The van der Waals surface area contributed by atoms with Crippen LogP contribution in [0.5, 0.6) is 0 Å². The Hall–Kier alpha value is -0.640. The molecule has 1 atom stereocenters. The first-order valence-electron chi connectivity index (χ1n) is 4.75. The Bertz CT molecular complexity index is 253. The SMILES string of the molecule is C=C(/C(C)=C/CO)[C@@H]1COC(C)(C)O1. The summed E-state index contributed by atoms with van der Waals surface area (Å²) in [4.78, 5) is 0. The predicted octanol–water partition coefficient (Wildman–Crippen LogP) is 1.63. The summed E-state index contributed by atoms with van der Waals surface area (Å²) in [6, 6.07) is 0. The normalized spacial score (nSPS) is 26.6. The molecule has 3 nitrogen and oxygen atoms in total. The van der Waals surface area contributed by atoms with E-state index in [-0.39, 0.29) is 12.7 Å². The van der Waals surface area contributed by atoms with Gasteiger partial charge in [0.15, 0.2) is 5.79 Å². The first-order valence-corrected chi connectivity index (χ1v) is 4.75. The summed E-state index contributed by atoms with van der Waals surface area (Å²) in [7, 11) is 0. The molecule has 1 fully saturated rings. The summed E-state index contributed by atoms with van der Waals surface area (Å²) in [5, 5.41) is 8.74. The Kier molecular flexibility index (Phi) is 3.48. The summed E-state index contributed by atoms with van der Waals surface area (Å²) in [5.74, 6) is -0.521. The second-order valence-electron chi connectivity index (χ2n) is 3.91. The second-order valence-corrected chi connectivity index (χ2v) is 3.91. The van der Waals surface area contributed by atoms with E-state index in [0.717, 1.165) is 11.1 Å². The van der Waals surface area contributed by atoms with Gasteiger partial charge in [0, 0.05) is 0 Å². The average Bonchev–Trinajstić information content (AvgIpc) is 2.45. The molecule has 1 rings (SSSR count). The van der Waals surface area contributed by atoms with Gasteiger partial charge in [-0.25, -0.2) is 0 Å². The molecule has 0 radical (unpaired) electrons. The summed E-state index contributed by atoms with van der Waals surface area (Å²) in [6.45, 7) is 10.2. The van der Waals surface area contributed by atoms with Gasteiger partial charge in [0.2, 0.25) is 0 Å². The Balaban J connectivity index is 2.60. The van der Waals surface area contributed by atoms with Crippen LogP contribution >= 0.6 is 0 Å². The molecular formula is C11H18O3. The number of aliphatic hydroxyl groups is 1. The fourth-order valence-electron chi connectivity index (χ4n) is 1.38. The van der Waals surface area contributed by atoms with E-state index in [2.05, 4.69) is 6.58 Å². The maximum Gasteiger partial charge on any atom is 0.163 e. The van der Waals surface area contributed by atoms with Gasteiger partial charge in [0.1, 0.15) is 6.10 Å². The van der Waals surface area contributed by atoms with Crippen LogP contribution in [0.4, 0.5) is 0 Å². The molecule has 1 aliphatic heterocycles. The molecule has 0 aromatic heterocycles. The summed E-state index contributed by atoms with van der Waals surface area (Å²) in [5.41, 5.74) is 1.84. The van der Waals surface area contributed by atoms with Crippen molar-refractivity contribution in [1.82, 2.24) is 0 Å². The highest BCUT2D eigenvalue weighted by atomic mass is 16.7. The molecule has 3 heteroatoms. The van der Waals surface area contributed by atoms with Crippen LogP contribution in [0.1, 0.15) is 20.8 Å². The van der Waals surface area contributed by atoms with Gasteiger partial charge < -0.3 is 14.6 Å². The van der Waals surface area contributed by atoms with Crippen LogP contribution in [0, 0.1) is 0 Å². The van der Waals surface area contributed by atoms with Crippen molar-refractivity contribution in [2.75, 3.05) is 13.2 Å². The number of rotatable bonds is 3. The van der Waals surface area contributed by atoms with Crippen LogP contribution in [0.15, 0.2) is 23.8 Å². The van der Waals surface area contributed by atoms with E-state index in [4.69, 9.17) is 14.6 Å². The van der Waals surface area contributed by atoms with E-state index in [0.29, 0.717) is 6.61 Å². The van der Waals surface area contributed by atoms with Gasteiger partial charge >= 0.3 is 0 Å². The van der Waals surface area contributed by atoms with Crippen molar-refractivity contribution in [3.8, 4) is 0 Å². The van der Waals surface area contributed by atoms with E-state index in [1.807, 2.05) is 20.8 Å². The maximum absolute atomic E-state index is 8.74. The molecular weight excluding hydrogens is 180 g/mol. The highest BCUT2D eigenvalue weighted by molar-refractivity contribution is 5.30. The number of ether oxygens (including phenoxy) is 2. The molecule has 1 aliphatic rings. The molecule has 0 aliphatic carbocycles. The van der Waals surface area contributed by atoms with E-state index >= 15 is 0 Å². The van der Waals surface area contributed by atoms with Crippen molar-refractivity contribution in [2.24, 2.45) is 0 Å². The van der Waals surface area contributed by atoms with Crippen LogP contribution < -0.4 is 0 Å². The van der Waals surface area contributed by atoms with Crippen LogP contribution in [0.2, 0.25) is 0 Å². The third-order valence-corrected chi connectivity index (χ3v) is 2.30. The molecule has 80 valence electrons. The fourth-order valence-corrected chi connectivity index (χ4v) is 1.38. The van der Waals surface area contributed by atoms with Gasteiger partial charge in [-0.1, -0.05) is 12.7 Å². The molecule has 0 unspecified atom stereocenters. The van der Waals surface area contributed by atoms with Crippen molar-refractivity contribution in [2.45, 2.75) is 32.7 Å². The van der Waals surface area contributed by atoms with Crippen LogP contribution in [-0.2, 0) is 9.47 Å². The Morgan fingerprint density at radius 2 is 2.29 bits per heavy atom. The molecule has 0 amide bonds. The van der Waals surface area contributed by atoms with Gasteiger partial charge in [-0.15, -0.1) is 0 Å². The summed E-state index contributed by atoms with van der Waals surface area (Å²) >= 11 is 0. The van der Waals surface area contributed by atoms with Crippen LogP contribution in [-0.4, -0.2) is 30.2 Å². The maximum atomic E-state index is 8.74. The number of hydrogen-bond acceptors (Lipinski definition) is 3. The third kappa shape index (κ3) is 2.67. The van der Waals surface area contributed by atoms with Crippen LogP contribution in [0.25, 0.3) is 0 Å². The Morgan fingerprint density at radius 3 is 2.71 bits per heavy atom. The number of hydrogen-bond donors (Lipinski definition) is 1. The van der Waals surface area contributed by atoms with Gasteiger partial charge in [-0.3, -0.25) is 0 Å². The minimum Gasteiger partial charge on any atom is -0.392 e. The molecule has 0 saturated carbocycles. The fraction of sp³-hybridized carbons (Fsp3) is 0.636. The van der Waals surface area contributed by atoms with Crippen molar-refractivity contribution in [3.05, 3.63) is 23.8 Å². The number of aliphatic hydroxyl groups excluding tert-OH is 1. The van der Waals surface area contributed by atoms with Crippen molar-refractivity contribution in [3.63, 3.8) is 0 Å². The van der Waals surface area contributed by atoms with E-state index < -0.39 is 5.79 Å². The van der Waals surface area contributed by atoms with Crippen LogP contribution in [0.3, 0.4) is 0 Å². The van der Waals surface area contributed by atoms with Crippen molar-refractivity contribution >= 4 is 0 Å². The minimum absolute atomic E-state index is 0.0296. The van der Waals surface area contributed by atoms with Gasteiger partial charge in [0.25, 0.3) is 0 Å². The van der Waals surface area contributed by atoms with E-state index in [1.54, 1.807) is 6.08 Å². The lowest BCUT2D eigenvalue weighted by atomic mass is 10.0. The second kappa shape index (κ2) is 4.26.